The third kappa shape index (κ3) is 4.45. The van der Waals surface area contributed by atoms with Gasteiger partial charge in [0.15, 0.2) is 6.10 Å². The fourth-order valence-electron chi connectivity index (χ4n) is 3.84. The number of hydrogen-bond acceptors (Lipinski definition) is 5. The summed E-state index contributed by atoms with van der Waals surface area (Å²) in [6, 6.07) is 11.3. The van der Waals surface area contributed by atoms with E-state index in [9.17, 15) is 14.0 Å². The molecule has 2 heterocycles. The van der Waals surface area contributed by atoms with Crippen LogP contribution in [0.2, 0.25) is 5.02 Å². The first-order valence-corrected chi connectivity index (χ1v) is 10.8. The first-order valence-electron chi connectivity index (χ1n) is 10.5. The number of nitrogens with zero attached hydrogens (tertiary/aromatic N) is 2. The van der Waals surface area contributed by atoms with Crippen molar-refractivity contribution in [3.63, 3.8) is 0 Å². The molecule has 0 bridgehead atoms. The lowest BCUT2D eigenvalue weighted by atomic mass is 9.95. The summed E-state index contributed by atoms with van der Waals surface area (Å²) >= 11 is 5.77. The summed E-state index contributed by atoms with van der Waals surface area (Å²) in [5, 5.41) is 3.19. The lowest BCUT2D eigenvalue weighted by molar-refractivity contribution is -0.123. The fourth-order valence-corrected chi connectivity index (χ4v) is 4.02. The number of benzene rings is 2. The predicted octanol–water partition coefficient (Wildman–Crippen LogP) is 4.59. The van der Waals surface area contributed by atoms with Crippen LogP contribution < -0.4 is 5.32 Å². The van der Waals surface area contributed by atoms with Gasteiger partial charge in [0.1, 0.15) is 5.82 Å². The molecule has 1 atom stereocenters. The number of aromatic nitrogens is 1. The first kappa shape index (κ1) is 22.2. The Kier molecular flexibility index (Phi) is 6.39. The zero-order valence-electron chi connectivity index (χ0n) is 17.8. The van der Waals surface area contributed by atoms with Gasteiger partial charge in [-0.1, -0.05) is 36.7 Å². The Labute approximate surface area is 190 Å². The first-order chi connectivity index (χ1) is 15.4. The van der Waals surface area contributed by atoms with Crippen molar-refractivity contribution in [3.8, 4) is 0 Å². The minimum Gasteiger partial charge on any atom is -0.449 e. The van der Waals surface area contributed by atoms with Crippen molar-refractivity contribution in [1.82, 2.24) is 9.88 Å². The minimum absolute atomic E-state index is 0.109. The Morgan fingerprint density at radius 1 is 1.28 bits per heavy atom. The van der Waals surface area contributed by atoms with Gasteiger partial charge in [0.05, 0.1) is 16.1 Å². The summed E-state index contributed by atoms with van der Waals surface area (Å²) in [5.41, 5.74) is 3.22. The van der Waals surface area contributed by atoms with E-state index in [2.05, 4.69) is 17.1 Å². The molecule has 0 spiro atoms. The normalized spacial score (nSPS) is 14.6. The van der Waals surface area contributed by atoms with Crippen LogP contribution in [0.1, 0.15) is 35.5 Å². The van der Waals surface area contributed by atoms with Crippen LogP contribution in [0, 0.1) is 5.82 Å². The number of hydrogen-bond donors (Lipinski definition) is 1. The number of rotatable bonds is 5. The van der Waals surface area contributed by atoms with Gasteiger partial charge in [0.25, 0.3) is 5.91 Å². The van der Waals surface area contributed by atoms with Crippen LogP contribution in [0.15, 0.2) is 42.5 Å². The number of amides is 1. The van der Waals surface area contributed by atoms with Gasteiger partial charge in [-0.05, 0) is 37.7 Å². The SMILES string of the molecule is CCN1CCc2nc3ccccc3c(C(=O)OC(C)C(=O)Nc3ccc(F)c(Cl)c3)c2C1. The quantitative estimate of drug-likeness (QED) is 0.570. The fraction of sp³-hybridized carbons (Fsp3) is 0.292. The molecule has 4 rings (SSSR count). The molecular weight excluding hydrogens is 433 g/mol. The lowest BCUT2D eigenvalue weighted by Crippen LogP contribution is -2.34. The smallest absolute Gasteiger partial charge is 0.339 e. The zero-order valence-corrected chi connectivity index (χ0v) is 18.6. The second-order valence-corrected chi connectivity index (χ2v) is 8.12. The van der Waals surface area contributed by atoms with E-state index < -0.39 is 23.8 Å². The number of fused-ring (bicyclic) bond motifs is 2. The Hall–Kier alpha value is -3.03. The van der Waals surface area contributed by atoms with E-state index in [0.717, 1.165) is 42.4 Å². The summed E-state index contributed by atoms with van der Waals surface area (Å²) in [6.07, 6.45) is -0.324. The van der Waals surface area contributed by atoms with E-state index in [0.29, 0.717) is 23.2 Å². The molecule has 0 saturated carbocycles. The Balaban J connectivity index is 1.60. The van der Waals surface area contributed by atoms with Gasteiger partial charge in [-0.2, -0.15) is 0 Å². The number of carbonyl (C=O) groups is 2. The number of esters is 1. The molecule has 1 aliphatic rings. The van der Waals surface area contributed by atoms with Crippen LogP contribution in [0.25, 0.3) is 10.9 Å². The largest absolute Gasteiger partial charge is 0.449 e. The highest BCUT2D eigenvalue weighted by molar-refractivity contribution is 6.31. The van der Waals surface area contributed by atoms with Gasteiger partial charge >= 0.3 is 5.97 Å². The van der Waals surface area contributed by atoms with Gasteiger partial charge in [0.2, 0.25) is 0 Å². The maximum atomic E-state index is 13.4. The van der Waals surface area contributed by atoms with Crippen molar-refractivity contribution >= 4 is 40.1 Å². The molecule has 1 aliphatic heterocycles. The summed E-state index contributed by atoms with van der Waals surface area (Å²) < 4.78 is 18.9. The van der Waals surface area contributed by atoms with Crippen molar-refractivity contribution in [3.05, 3.63) is 70.1 Å². The lowest BCUT2D eigenvalue weighted by Gasteiger charge is -2.29. The highest BCUT2D eigenvalue weighted by Gasteiger charge is 2.28. The number of para-hydroxylation sites is 1. The number of nitrogens with one attached hydrogen (secondary N) is 1. The monoisotopic (exact) mass is 455 g/mol. The van der Waals surface area contributed by atoms with E-state index in [4.69, 9.17) is 21.3 Å². The molecule has 1 unspecified atom stereocenters. The average Bonchev–Trinajstić information content (AvgIpc) is 2.79. The third-order valence-electron chi connectivity index (χ3n) is 5.62. The van der Waals surface area contributed by atoms with E-state index >= 15 is 0 Å². The molecule has 32 heavy (non-hydrogen) atoms. The van der Waals surface area contributed by atoms with Gasteiger partial charge in [-0.25, -0.2) is 9.18 Å². The molecule has 3 aromatic rings. The van der Waals surface area contributed by atoms with Crippen molar-refractivity contribution < 1.29 is 18.7 Å². The van der Waals surface area contributed by atoms with Crippen LogP contribution in [0.5, 0.6) is 0 Å². The average molecular weight is 456 g/mol. The summed E-state index contributed by atoms with van der Waals surface area (Å²) in [6.45, 7) is 5.91. The van der Waals surface area contributed by atoms with Gasteiger partial charge in [-0.3, -0.25) is 14.7 Å². The number of likely N-dealkylation sites (N-methyl/N-ethyl adjacent to an activating group) is 1. The number of carbonyl (C=O) groups excluding carboxylic acids is 2. The molecule has 0 aliphatic carbocycles. The standard InChI is InChI=1S/C24H23ClFN3O3/c1-3-29-11-10-21-17(13-29)22(16-6-4-5-7-20(16)28-21)24(31)32-14(2)23(30)27-15-8-9-19(26)18(25)12-15/h4-9,12,14H,3,10-11,13H2,1-2H3,(H,27,30). The zero-order chi connectivity index (χ0) is 22.8. The second kappa shape index (κ2) is 9.22. The van der Waals surface area contributed by atoms with Gasteiger partial charge < -0.3 is 10.1 Å². The molecule has 1 amide bonds. The van der Waals surface area contributed by atoms with Gasteiger partial charge in [-0.15, -0.1) is 0 Å². The number of ether oxygens (including phenoxy) is 1. The van der Waals surface area contributed by atoms with Crippen molar-refractivity contribution in [2.75, 3.05) is 18.4 Å². The summed E-state index contributed by atoms with van der Waals surface area (Å²) in [7, 11) is 0. The van der Waals surface area contributed by atoms with Crippen LogP contribution in [-0.4, -0.2) is 41.0 Å². The highest BCUT2D eigenvalue weighted by atomic mass is 35.5. The van der Waals surface area contributed by atoms with Crippen molar-refractivity contribution in [1.29, 1.82) is 0 Å². The summed E-state index contributed by atoms with van der Waals surface area (Å²) in [4.78, 5) is 32.8. The van der Waals surface area contributed by atoms with Crippen LogP contribution in [0.4, 0.5) is 10.1 Å². The second-order valence-electron chi connectivity index (χ2n) is 7.71. The molecule has 0 radical (unpaired) electrons. The van der Waals surface area contributed by atoms with E-state index in [-0.39, 0.29) is 5.02 Å². The molecule has 0 fully saturated rings. The van der Waals surface area contributed by atoms with Crippen LogP contribution in [-0.2, 0) is 22.5 Å². The van der Waals surface area contributed by atoms with Gasteiger partial charge in [0, 0.05) is 41.8 Å². The molecule has 2 aromatic carbocycles. The van der Waals surface area contributed by atoms with Crippen LogP contribution >= 0.6 is 11.6 Å². The van der Waals surface area contributed by atoms with Crippen molar-refractivity contribution in [2.24, 2.45) is 0 Å². The predicted molar refractivity (Wildman–Crippen MR) is 121 cm³/mol. The Morgan fingerprint density at radius 3 is 2.81 bits per heavy atom. The third-order valence-corrected chi connectivity index (χ3v) is 5.91. The summed E-state index contributed by atoms with van der Waals surface area (Å²) in [5.74, 6) is -1.69. The van der Waals surface area contributed by atoms with Crippen molar-refractivity contribution in [2.45, 2.75) is 32.9 Å². The van der Waals surface area contributed by atoms with Crippen LogP contribution in [0.3, 0.4) is 0 Å². The highest BCUT2D eigenvalue weighted by Crippen LogP contribution is 2.29. The van der Waals surface area contributed by atoms with E-state index in [1.54, 1.807) is 0 Å². The van der Waals surface area contributed by atoms with E-state index in [1.165, 1.54) is 19.1 Å². The molecule has 166 valence electrons. The topological polar surface area (TPSA) is 71.5 Å². The Bertz CT molecular complexity index is 1200. The molecular formula is C24H23ClFN3O3. The number of pyridine rings is 1. The number of halogens is 2. The maximum absolute atomic E-state index is 13.4. The Morgan fingerprint density at radius 2 is 2.06 bits per heavy atom. The molecule has 8 heteroatoms. The molecule has 1 N–H and O–H groups in total. The number of anilines is 1. The molecule has 0 saturated heterocycles. The van der Waals surface area contributed by atoms with E-state index in [1.807, 2.05) is 24.3 Å². The minimum atomic E-state index is -1.07. The maximum Gasteiger partial charge on any atom is 0.339 e. The molecule has 1 aromatic heterocycles. The molecule has 6 nitrogen and oxygen atoms in total.